The second kappa shape index (κ2) is 3.72. The van der Waals surface area contributed by atoms with Crippen molar-refractivity contribution in [1.29, 1.82) is 0 Å². The van der Waals surface area contributed by atoms with E-state index in [1.165, 1.54) is 11.3 Å². The van der Waals surface area contributed by atoms with Gasteiger partial charge in [0.05, 0.1) is 6.20 Å². The van der Waals surface area contributed by atoms with E-state index in [0.717, 1.165) is 6.54 Å². The third-order valence-corrected chi connectivity index (χ3v) is 1.98. The Labute approximate surface area is 73.8 Å². The summed E-state index contributed by atoms with van der Waals surface area (Å²) < 4.78 is 1.96. The van der Waals surface area contributed by atoms with Crippen LogP contribution >= 0.6 is 0 Å². The molecule has 3 heteroatoms. The lowest BCUT2D eigenvalue weighted by Gasteiger charge is -2.08. The summed E-state index contributed by atoms with van der Waals surface area (Å²) in [4.78, 5) is 0. The van der Waals surface area contributed by atoms with Crippen molar-refractivity contribution >= 4 is 0 Å². The van der Waals surface area contributed by atoms with E-state index in [0.29, 0.717) is 5.92 Å². The third-order valence-electron chi connectivity index (χ3n) is 1.98. The van der Waals surface area contributed by atoms with E-state index in [9.17, 15) is 0 Å². The Morgan fingerprint density at radius 3 is 2.75 bits per heavy atom. The molecule has 0 saturated heterocycles. The van der Waals surface area contributed by atoms with Crippen molar-refractivity contribution in [3.8, 4) is 0 Å². The number of nitrogens with one attached hydrogen (secondary N) is 1. The van der Waals surface area contributed by atoms with E-state index in [2.05, 4.69) is 24.3 Å². The molecular weight excluding hydrogens is 150 g/mol. The van der Waals surface area contributed by atoms with Crippen LogP contribution < -0.4 is 5.32 Å². The summed E-state index contributed by atoms with van der Waals surface area (Å²) >= 11 is 0. The lowest BCUT2D eigenvalue weighted by atomic mass is 10.1. The summed E-state index contributed by atoms with van der Waals surface area (Å²) in [5.41, 5.74) is 2.62. The van der Waals surface area contributed by atoms with Gasteiger partial charge >= 0.3 is 0 Å². The maximum absolute atomic E-state index is 4.23. The number of hydrogen-bond acceptors (Lipinski definition) is 2. The quantitative estimate of drug-likeness (QED) is 0.734. The van der Waals surface area contributed by atoms with Crippen LogP contribution in [0.15, 0.2) is 6.20 Å². The van der Waals surface area contributed by atoms with Gasteiger partial charge in [-0.2, -0.15) is 5.10 Å². The van der Waals surface area contributed by atoms with E-state index in [1.807, 2.05) is 25.0 Å². The molecule has 1 aromatic rings. The highest BCUT2D eigenvalue weighted by molar-refractivity contribution is 5.20. The number of hydrogen-bond donors (Lipinski definition) is 1. The van der Waals surface area contributed by atoms with Gasteiger partial charge in [-0.3, -0.25) is 4.68 Å². The second-order valence-electron chi connectivity index (χ2n) is 3.36. The summed E-state index contributed by atoms with van der Waals surface area (Å²) in [6, 6.07) is 0. The van der Waals surface area contributed by atoms with Crippen LogP contribution in [-0.4, -0.2) is 16.8 Å². The molecule has 0 aliphatic heterocycles. The summed E-state index contributed by atoms with van der Waals surface area (Å²) in [7, 11) is 3.95. The zero-order valence-corrected chi connectivity index (χ0v) is 8.26. The molecule has 0 bridgehead atoms. The predicted octanol–water partition coefficient (Wildman–Crippen LogP) is 1.26. The van der Waals surface area contributed by atoms with Gasteiger partial charge in [0, 0.05) is 24.8 Å². The van der Waals surface area contributed by atoms with Crippen LogP contribution in [0.3, 0.4) is 0 Å². The molecule has 68 valence electrons. The van der Waals surface area contributed by atoms with Crippen LogP contribution in [0, 0.1) is 0 Å². The van der Waals surface area contributed by atoms with Crippen LogP contribution in [0.25, 0.3) is 0 Å². The van der Waals surface area contributed by atoms with Crippen LogP contribution in [0.2, 0.25) is 0 Å². The minimum Gasteiger partial charge on any atom is -0.316 e. The van der Waals surface area contributed by atoms with Crippen LogP contribution in [-0.2, 0) is 13.6 Å². The van der Waals surface area contributed by atoms with Crippen molar-refractivity contribution in [3.05, 3.63) is 17.5 Å². The molecule has 0 fully saturated rings. The van der Waals surface area contributed by atoms with Gasteiger partial charge in [-0.1, -0.05) is 13.8 Å². The number of aryl methyl sites for hydroxylation is 1. The van der Waals surface area contributed by atoms with Crippen molar-refractivity contribution in [3.63, 3.8) is 0 Å². The SMILES string of the molecule is CNCc1cnn(C)c1C(C)C. The minimum absolute atomic E-state index is 0.542. The molecule has 0 saturated carbocycles. The van der Waals surface area contributed by atoms with Crippen molar-refractivity contribution in [2.45, 2.75) is 26.3 Å². The largest absolute Gasteiger partial charge is 0.316 e. The maximum atomic E-state index is 4.23. The third kappa shape index (κ3) is 1.67. The summed E-state index contributed by atoms with van der Waals surface area (Å²) in [5.74, 6) is 0.542. The molecule has 0 radical (unpaired) electrons. The van der Waals surface area contributed by atoms with E-state index < -0.39 is 0 Å². The molecule has 1 rings (SSSR count). The van der Waals surface area contributed by atoms with Crippen LogP contribution in [0.4, 0.5) is 0 Å². The molecule has 1 heterocycles. The fourth-order valence-corrected chi connectivity index (χ4v) is 1.56. The van der Waals surface area contributed by atoms with E-state index in [-0.39, 0.29) is 0 Å². The average molecular weight is 167 g/mol. The van der Waals surface area contributed by atoms with Crippen LogP contribution in [0.5, 0.6) is 0 Å². The van der Waals surface area contributed by atoms with Gasteiger partial charge in [-0.25, -0.2) is 0 Å². The molecule has 1 N–H and O–H groups in total. The molecule has 0 aromatic carbocycles. The summed E-state index contributed by atoms with van der Waals surface area (Å²) in [5, 5.41) is 7.37. The Hall–Kier alpha value is -0.830. The Balaban J connectivity index is 2.95. The molecule has 0 amide bonds. The second-order valence-corrected chi connectivity index (χ2v) is 3.36. The Morgan fingerprint density at radius 2 is 2.25 bits per heavy atom. The normalized spacial score (nSPS) is 11.1. The van der Waals surface area contributed by atoms with Gasteiger partial charge in [-0.05, 0) is 13.0 Å². The fourth-order valence-electron chi connectivity index (χ4n) is 1.56. The molecule has 0 atom stereocenters. The highest BCUT2D eigenvalue weighted by Crippen LogP contribution is 2.17. The zero-order chi connectivity index (χ0) is 9.14. The topological polar surface area (TPSA) is 29.9 Å². The number of aromatic nitrogens is 2. The van der Waals surface area contributed by atoms with E-state index in [1.54, 1.807) is 0 Å². The van der Waals surface area contributed by atoms with Crippen LogP contribution in [0.1, 0.15) is 31.0 Å². The first-order valence-electron chi connectivity index (χ1n) is 4.32. The lowest BCUT2D eigenvalue weighted by molar-refractivity contribution is 0.658. The van der Waals surface area contributed by atoms with Gasteiger partial charge in [-0.15, -0.1) is 0 Å². The Kier molecular flexibility index (Phi) is 2.87. The Bertz CT molecular complexity index is 250. The Morgan fingerprint density at radius 1 is 1.58 bits per heavy atom. The van der Waals surface area contributed by atoms with Gasteiger partial charge in [0.1, 0.15) is 0 Å². The number of nitrogens with zero attached hydrogens (tertiary/aromatic N) is 2. The van der Waals surface area contributed by atoms with Crippen molar-refractivity contribution in [2.24, 2.45) is 7.05 Å². The minimum atomic E-state index is 0.542. The van der Waals surface area contributed by atoms with Gasteiger partial charge in [0.25, 0.3) is 0 Å². The first-order valence-corrected chi connectivity index (χ1v) is 4.32. The molecule has 12 heavy (non-hydrogen) atoms. The fraction of sp³-hybridized carbons (Fsp3) is 0.667. The summed E-state index contributed by atoms with van der Waals surface area (Å²) in [6.07, 6.45) is 1.94. The molecule has 0 aliphatic carbocycles. The summed E-state index contributed by atoms with van der Waals surface area (Å²) in [6.45, 7) is 5.29. The molecule has 0 spiro atoms. The standard InChI is InChI=1S/C9H17N3/c1-7(2)9-8(5-10-3)6-11-12(9)4/h6-7,10H,5H2,1-4H3. The predicted molar refractivity (Wildman–Crippen MR) is 50.1 cm³/mol. The highest BCUT2D eigenvalue weighted by Gasteiger charge is 2.10. The molecule has 1 aromatic heterocycles. The lowest BCUT2D eigenvalue weighted by Crippen LogP contribution is -2.09. The van der Waals surface area contributed by atoms with E-state index >= 15 is 0 Å². The zero-order valence-electron chi connectivity index (χ0n) is 8.26. The average Bonchev–Trinajstić information content (AvgIpc) is 2.32. The van der Waals surface area contributed by atoms with Gasteiger partial charge in [0.2, 0.25) is 0 Å². The first kappa shape index (κ1) is 9.26. The number of rotatable bonds is 3. The maximum Gasteiger partial charge on any atom is 0.0537 e. The highest BCUT2D eigenvalue weighted by atomic mass is 15.3. The molecular formula is C9H17N3. The van der Waals surface area contributed by atoms with Crippen molar-refractivity contribution < 1.29 is 0 Å². The van der Waals surface area contributed by atoms with Gasteiger partial charge in [0.15, 0.2) is 0 Å². The van der Waals surface area contributed by atoms with E-state index in [4.69, 9.17) is 0 Å². The molecule has 0 aliphatic rings. The molecule has 3 nitrogen and oxygen atoms in total. The monoisotopic (exact) mass is 167 g/mol. The molecule has 0 unspecified atom stereocenters. The first-order chi connectivity index (χ1) is 5.66. The smallest absolute Gasteiger partial charge is 0.0537 e. The van der Waals surface area contributed by atoms with Gasteiger partial charge < -0.3 is 5.32 Å². The van der Waals surface area contributed by atoms with Crippen molar-refractivity contribution in [1.82, 2.24) is 15.1 Å². The van der Waals surface area contributed by atoms with Crippen molar-refractivity contribution in [2.75, 3.05) is 7.05 Å².